The number of fused-ring (bicyclic) bond motifs is 2. The zero-order valence-corrected chi connectivity index (χ0v) is 18.6. The number of hydrogen-bond acceptors (Lipinski definition) is 5. The van der Waals surface area contributed by atoms with E-state index in [-0.39, 0.29) is 12.5 Å². The molecule has 34 heavy (non-hydrogen) atoms. The molecule has 0 radical (unpaired) electrons. The van der Waals surface area contributed by atoms with Gasteiger partial charge in [0.25, 0.3) is 5.91 Å². The number of carbonyl (C=O) groups is 1. The van der Waals surface area contributed by atoms with Gasteiger partial charge in [0.05, 0.1) is 17.1 Å². The van der Waals surface area contributed by atoms with E-state index in [9.17, 15) is 4.79 Å². The third-order valence-corrected chi connectivity index (χ3v) is 5.96. The third kappa shape index (κ3) is 3.83. The van der Waals surface area contributed by atoms with Gasteiger partial charge in [-0.15, -0.1) is 0 Å². The molecule has 3 aromatic carbocycles. The predicted molar refractivity (Wildman–Crippen MR) is 130 cm³/mol. The molecule has 168 valence electrons. The Balaban J connectivity index is 1.49. The first-order valence-electron chi connectivity index (χ1n) is 11.2. The van der Waals surface area contributed by atoms with Gasteiger partial charge in [-0.25, -0.2) is 4.98 Å². The lowest BCUT2D eigenvalue weighted by Crippen LogP contribution is -2.25. The van der Waals surface area contributed by atoms with Crippen molar-refractivity contribution < 1.29 is 19.0 Å². The van der Waals surface area contributed by atoms with Crippen LogP contribution in [0.3, 0.4) is 0 Å². The molecule has 2 aliphatic heterocycles. The van der Waals surface area contributed by atoms with Crippen LogP contribution >= 0.6 is 0 Å². The minimum absolute atomic E-state index is 0.0295. The number of nitrogens with one attached hydrogen (secondary N) is 1. The molecule has 4 aromatic rings. The van der Waals surface area contributed by atoms with E-state index in [4.69, 9.17) is 19.2 Å². The first-order chi connectivity index (χ1) is 16.6. The molecule has 6 nitrogen and oxygen atoms in total. The van der Waals surface area contributed by atoms with Crippen molar-refractivity contribution in [1.29, 1.82) is 0 Å². The molecule has 0 saturated carbocycles. The standard InChI is InChI=1S/C28H22N2O4/c1-17-2-4-18(5-3-17)21-13-22(19-6-8-25-24(12-19)30-28(31)16-34-25)29-23(14-21)20-7-9-26-27(15-20)33-11-10-32-26/h2-9,12-15H,10-11,16H2,1H3,(H,30,31). The van der Waals surface area contributed by atoms with Gasteiger partial charge in [0.2, 0.25) is 0 Å². The van der Waals surface area contributed by atoms with Gasteiger partial charge in [-0.3, -0.25) is 4.79 Å². The topological polar surface area (TPSA) is 69.7 Å². The van der Waals surface area contributed by atoms with Gasteiger partial charge < -0.3 is 19.5 Å². The van der Waals surface area contributed by atoms with Gasteiger partial charge in [-0.1, -0.05) is 29.8 Å². The van der Waals surface area contributed by atoms with E-state index in [2.05, 4.69) is 48.6 Å². The number of rotatable bonds is 3. The normalized spacial score (nSPS) is 14.1. The van der Waals surface area contributed by atoms with Crippen LogP contribution in [0.2, 0.25) is 0 Å². The fraction of sp³-hybridized carbons (Fsp3) is 0.143. The van der Waals surface area contributed by atoms with Gasteiger partial charge in [0.15, 0.2) is 18.1 Å². The lowest BCUT2D eigenvalue weighted by atomic mass is 9.99. The molecule has 1 N–H and O–H groups in total. The summed E-state index contributed by atoms with van der Waals surface area (Å²) in [6, 6.07) is 24.2. The lowest BCUT2D eigenvalue weighted by Gasteiger charge is -2.20. The maximum Gasteiger partial charge on any atom is 0.262 e. The first kappa shape index (κ1) is 20.3. The van der Waals surface area contributed by atoms with Crippen molar-refractivity contribution in [3.05, 3.63) is 78.4 Å². The molecule has 0 saturated heterocycles. The third-order valence-electron chi connectivity index (χ3n) is 5.96. The monoisotopic (exact) mass is 450 g/mol. The van der Waals surface area contributed by atoms with E-state index in [1.54, 1.807) is 0 Å². The van der Waals surface area contributed by atoms with Crippen molar-refractivity contribution in [3.63, 3.8) is 0 Å². The van der Waals surface area contributed by atoms with Gasteiger partial charge in [0.1, 0.15) is 19.0 Å². The second-order valence-corrected chi connectivity index (χ2v) is 8.40. The maximum absolute atomic E-state index is 11.8. The fourth-order valence-corrected chi connectivity index (χ4v) is 4.18. The smallest absolute Gasteiger partial charge is 0.262 e. The molecule has 6 heteroatoms. The molecule has 1 amide bonds. The zero-order chi connectivity index (χ0) is 23.1. The quantitative estimate of drug-likeness (QED) is 0.447. The summed E-state index contributed by atoms with van der Waals surface area (Å²) in [6.45, 7) is 3.19. The van der Waals surface area contributed by atoms with Gasteiger partial charge in [0, 0.05) is 11.1 Å². The maximum atomic E-state index is 11.8. The van der Waals surface area contributed by atoms with Crippen molar-refractivity contribution in [2.45, 2.75) is 6.92 Å². The van der Waals surface area contributed by atoms with E-state index in [1.165, 1.54) is 5.56 Å². The number of carbonyl (C=O) groups excluding carboxylic acids is 1. The number of nitrogens with zero attached hydrogens (tertiary/aromatic N) is 1. The molecular formula is C28H22N2O4. The molecule has 2 aliphatic rings. The number of benzene rings is 3. The van der Waals surface area contributed by atoms with Crippen LogP contribution in [-0.4, -0.2) is 30.7 Å². The minimum atomic E-state index is -0.164. The number of anilines is 1. The summed E-state index contributed by atoms with van der Waals surface area (Å²) in [5.41, 5.74) is 7.45. The van der Waals surface area contributed by atoms with Crippen molar-refractivity contribution in [3.8, 4) is 50.9 Å². The SMILES string of the molecule is Cc1ccc(-c2cc(-c3ccc4c(c3)NC(=O)CO4)nc(-c3ccc4c(c3)OCCO4)c2)cc1. The minimum Gasteiger partial charge on any atom is -0.486 e. The summed E-state index contributed by atoms with van der Waals surface area (Å²) < 4.78 is 17.0. The van der Waals surface area contributed by atoms with E-state index in [1.807, 2.05) is 36.4 Å². The summed E-state index contributed by atoms with van der Waals surface area (Å²) in [7, 11) is 0. The van der Waals surface area contributed by atoms with Crippen molar-refractivity contribution in [2.24, 2.45) is 0 Å². The highest BCUT2D eigenvalue weighted by atomic mass is 16.6. The Kier molecular flexibility index (Phi) is 4.91. The average Bonchev–Trinajstić information content (AvgIpc) is 2.88. The van der Waals surface area contributed by atoms with Gasteiger partial charge >= 0.3 is 0 Å². The summed E-state index contributed by atoms with van der Waals surface area (Å²) in [5.74, 6) is 1.96. The Hall–Kier alpha value is -4.32. The van der Waals surface area contributed by atoms with Crippen molar-refractivity contribution in [2.75, 3.05) is 25.1 Å². The highest BCUT2D eigenvalue weighted by Crippen LogP contribution is 2.38. The van der Waals surface area contributed by atoms with Crippen LogP contribution in [0.4, 0.5) is 5.69 Å². The first-order valence-corrected chi connectivity index (χ1v) is 11.2. The molecule has 0 spiro atoms. The number of amides is 1. The Bertz CT molecular complexity index is 1410. The summed E-state index contributed by atoms with van der Waals surface area (Å²) >= 11 is 0. The average molecular weight is 450 g/mol. The van der Waals surface area contributed by atoms with Gasteiger partial charge in [-0.2, -0.15) is 0 Å². The van der Waals surface area contributed by atoms with Crippen LogP contribution in [0, 0.1) is 6.92 Å². The molecule has 6 rings (SSSR count). The Morgan fingerprint density at radius 2 is 1.32 bits per heavy atom. The highest BCUT2D eigenvalue weighted by molar-refractivity contribution is 5.96. The Morgan fingerprint density at radius 3 is 2.09 bits per heavy atom. The van der Waals surface area contributed by atoms with Crippen LogP contribution in [0.25, 0.3) is 33.6 Å². The van der Waals surface area contributed by atoms with Crippen LogP contribution in [0.1, 0.15) is 5.56 Å². The molecule has 0 fully saturated rings. The number of aryl methyl sites for hydroxylation is 1. The summed E-state index contributed by atoms with van der Waals surface area (Å²) in [4.78, 5) is 16.8. The Labute approximate surface area is 197 Å². The van der Waals surface area contributed by atoms with E-state index < -0.39 is 0 Å². The molecule has 0 atom stereocenters. The number of pyridine rings is 1. The molecular weight excluding hydrogens is 428 g/mol. The van der Waals surface area contributed by atoms with Crippen molar-refractivity contribution >= 4 is 11.6 Å². The largest absolute Gasteiger partial charge is 0.486 e. The Morgan fingerprint density at radius 1 is 0.676 bits per heavy atom. The highest BCUT2D eigenvalue weighted by Gasteiger charge is 2.18. The van der Waals surface area contributed by atoms with Crippen LogP contribution in [-0.2, 0) is 4.79 Å². The molecule has 0 aliphatic carbocycles. The number of hydrogen-bond donors (Lipinski definition) is 1. The predicted octanol–water partition coefficient (Wildman–Crippen LogP) is 5.49. The number of aromatic nitrogens is 1. The van der Waals surface area contributed by atoms with E-state index in [0.717, 1.165) is 45.1 Å². The number of ether oxygens (including phenoxy) is 3. The summed E-state index contributed by atoms with van der Waals surface area (Å²) in [6.07, 6.45) is 0. The molecule has 0 unspecified atom stereocenters. The summed E-state index contributed by atoms with van der Waals surface area (Å²) in [5, 5.41) is 2.88. The zero-order valence-electron chi connectivity index (χ0n) is 18.6. The molecule has 3 heterocycles. The second-order valence-electron chi connectivity index (χ2n) is 8.40. The fourth-order valence-electron chi connectivity index (χ4n) is 4.18. The second kappa shape index (κ2) is 8.23. The van der Waals surface area contributed by atoms with Crippen LogP contribution in [0.15, 0.2) is 72.8 Å². The van der Waals surface area contributed by atoms with Crippen molar-refractivity contribution in [1.82, 2.24) is 4.98 Å². The molecule has 1 aromatic heterocycles. The van der Waals surface area contributed by atoms with E-state index >= 15 is 0 Å². The van der Waals surface area contributed by atoms with E-state index in [0.29, 0.717) is 24.7 Å². The van der Waals surface area contributed by atoms with Gasteiger partial charge in [-0.05, 0) is 66.6 Å². The lowest BCUT2D eigenvalue weighted by molar-refractivity contribution is -0.118. The van der Waals surface area contributed by atoms with Crippen LogP contribution < -0.4 is 19.5 Å². The van der Waals surface area contributed by atoms with Crippen LogP contribution in [0.5, 0.6) is 17.2 Å². The molecule has 0 bridgehead atoms.